The van der Waals surface area contributed by atoms with Gasteiger partial charge in [-0.25, -0.2) is 4.57 Å². The molecule has 4 rings (SSSR count). The SMILES string of the molecule is Cc1nn(C)c(N)[n+]1CC(=O)c1ccc(OS(=O)(=O)c2ccc3ccccc3c2)cc1. The minimum Gasteiger partial charge on any atom is -0.379 e. The molecule has 0 atom stereocenters. The molecule has 2 N–H and O–H groups in total. The fraction of sp³-hybridized carbons (Fsp3) is 0.136. The van der Waals surface area contributed by atoms with Crippen LogP contribution in [0.15, 0.2) is 71.6 Å². The molecule has 4 aromatic rings. The maximum atomic E-state index is 12.7. The van der Waals surface area contributed by atoms with Gasteiger partial charge in [0.25, 0.3) is 0 Å². The van der Waals surface area contributed by atoms with E-state index in [1.807, 2.05) is 24.3 Å². The van der Waals surface area contributed by atoms with Gasteiger partial charge in [-0.15, -0.1) is 4.68 Å². The van der Waals surface area contributed by atoms with Crippen LogP contribution in [0.4, 0.5) is 5.95 Å². The Morgan fingerprint density at radius 1 is 1.06 bits per heavy atom. The van der Waals surface area contributed by atoms with Crippen molar-refractivity contribution in [2.75, 3.05) is 5.73 Å². The zero-order valence-corrected chi connectivity index (χ0v) is 17.8. The summed E-state index contributed by atoms with van der Waals surface area (Å²) in [5.41, 5.74) is 6.35. The van der Waals surface area contributed by atoms with Gasteiger partial charge in [-0.2, -0.15) is 8.42 Å². The highest BCUT2D eigenvalue weighted by atomic mass is 32.2. The van der Waals surface area contributed by atoms with Gasteiger partial charge >= 0.3 is 16.1 Å². The van der Waals surface area contributed by atoms with Crippen molar-refractivity contribution in [1.29, 1.82) is 0 Å². The molecule has 0 fully saturated rings. The fourth-order valence-corrected chi connectivity index (χ4v) is 4.25. The van der Waals surface area contributed by atoms with Crippen molar-refractivity contribution < 1.29 is 22.0 Å². The molecule has 0 bridgehead atoms. The smallest absolute Gasteiger partial charge is 0.342 e. The van der Waals surface area contributed by atoms with Crippen molar-refractivity contribution in [1.82, 2.24) is 9.78 Å². The van der Waals surface area contributed by atoms with Gasteiger partial charge in [0.05, 0.1) is 7.05 Å². The summed E-state index contributed by atoms with van der Waals surface area (Å²) in [6.45, 7) is 1.79. The minimum absolute atomic E-state index is 0.0289. The third kappa shape index (κ3) is 4.13. The lowest BCUT2D eigenvalue weighted by atomic mass is 10.1. The summed E-state index contributed by atoms with van der Waals surface area (Å²) in [7, 11) is -2.31. The van der Waals surface area contributed by atoms with E-state index in [1.54, 1.807) is 30.7 Å². The molecule has 0 aliphatic heterocycles. The van der Waals surface area contributed by atoms with E-state index in [-0.39, 0.29) is 23.0 Å². The molecular formula is C22H21N4O4S+. The van der Waals surface area contributed by atoms with E-state index >= 15 is 0 Å². The molecule has 0 amide bonds. The first-order valence-electron chi connectivity index (χ1n) is 9.50. The van der Waals surface area contributed by atoms with E-state index in [2.05, 4.69) is 5.10 Å². The average molecular weight is 438 g/mol. The Kier molecular flexibility index (Phi) is 5.20. The van der Waals surface area contributed by atoms with Crippen molar-refractivity contribution in [3.05, 3.63) is 78.1 Å². The van der Waals surface area contributed by atoms with Crippen molar-refractivity contribution in [2.24, 2.45) is 7.05 Å². The predicted molar refractivity (Wildman–Crippen MR) is 115 cm³/mol. The number of ketones is 1. The Balaban J connectivity index is 1.51. The number of anilines is 1. The molecule has 0 aliphatic carbocycles. The van der Waals surface area contributed by atoms with E-state index in [0.29, 0.717) is 17.3 Å². The average Bonchev–Trinajstić information content (AvgIpc) is 2.99. The van der Waals surface area contributed by atoms with Gasteiger partial charge < -0.3 is 9.92 Å². The largest absolute Gasteiger partial charge is 0.379 e. The first-order valence-corrected chi connectivity index (χ1v) is 10.9. The number of rotatable bonds is 6. The molecule has 1 heterocycles. The second-order valence-corrected chi connectivity index (χ2v) is 8.66. The highest BCUT2D eigenvalue weighted by Crippen LogP contribution is 2.23. The van der Waals surface area contributed by atoms with Crippen molar-refractivity contribution in [3.63, 3.8) is 0 Å². The standard InChI is InChI=1S/C22H20N4O4S/c1-15-24-25(2)22(23)26(15)14-21(27)17-7-10-19(11-8-17)30-31(28,29)20-12-9-16-5-3-4-6-18(16)13-20/h3-13,23H,14H2,1-2H3/p+1. The molecule has 0 saturated heterocycles. The monoisotopic (exact) mass is 437 g/mol. The van der Waals surface area contributed by atoms with Gasteiger partial charge in [0, 0.05) is 12.5 Å². The summed E-state index contributed by atoms with van der Waals surface area (Å²) in [4.78, 5) is 12.7. The molecule has 31 heavy (non-hydrogen) atoms. The number of aryl methyl sites for hydroxylation is 2. The number of fused-ring (bicyclic) bond motifs is 1. The first-order chi connectivity index (χ1) is 14.7. The molecule has 1 aromatic heterocycles. The number of nitrogen functional groups attached to an aromatic ring is 1. The zero-order chi connectivity index (χ0) is 22.2. The fourth-order valence-electron chi connectivity index (χ4n) is 3.29. The van der Waals surface area contributed by atoms with Gasteiger partial charge in [-0.1, -0.05) is 30.3 Å². The summed E-state index contributed by atoms with van der Waals surface area (Å²) in [5, 5.41) is 5.91. The zero-order valence-electron chi connectivity index (χ0n) is 17.0. The van der Waals surface area contributed by atoms with Crippen LogP contribution in [0.2, 0.25) is 0 Å². The molecule has 9 heteroatoms. The lowest BCUT2D eigenvalue weighted by Crippen LogP contribution is -2.42. The first kappa shape index (κ1) is 20.5. The van der Waals surface area contributed by atoms with Crippen LogP contribution in [-0.2, 0) is 23.7 Å². The summed E-state index contributed by atoms with van der Waals surface area (Å²) in [6, 6.07) is 18.2. The summed E-state index contributed by atoms with van der Waals surface area (Å²) in [6.07, 6.45) is 0. The second kappa shape index (κ2) is 7.84. The Bertz CT molecular complexity index is 1390. The Morgan fingerprint density at radius 2 is 1.74 bits per heavy atom. The van der Waals surface area contributed by atoms with E-state index in [4.69, 9.17) is 9.92 Å². The molecule has 0 unspecified atom stereocenters. The molecular weight excluding hydrogens is 416 g/mol. The molecule has 0 radical (unpaired) electrons. The van der Waals surface area contributed by atoms with Crippen LogP contribution in [-0.4, -0.2) is 24.0 Å². The number of benzene rings is 3. The van der Waals surface area contributed by atoms with Crippen molar-refractivity contribution in [3.8, 4) is 5.75 Å². The van der Waals surface area contributed by atoms with Crippen molar-refractivity contribution >= 4 is 32.6 Å². The van der Waals surface area contributed by atoms with Crippen LogP contribution in [0.1, 0.15) is 16.2 Å². The quantitative estimate of drug-likeness (QED) is 0.282. The van der Waals surface area contributed by atoms with Crippen LogP contribution in [0.3, 0.4) is 0 Å². The highest BCUT2D eigenvalue weighted by molar-refractivity contribution is 7.87. The maximum Gasteiger partial charge on any atom is 0.342 e. The highest BCUT2D eigenvalue weighted by Gasteiger charge is 2.21. The van der Waals surface area contributed by atoms with Gasteiger partial charge in [0.1, 0.15) is 17.2 Å². The number of Topliss-reactive ketones (excluding diaryl/α,β-unsaturated/α-hetero) is 1. The lowest BCUT2D eigenvalue weighted by Gasteiger charge is -2.09. The van der Waals surface area contributed by atoms with Gasteiger partial charge in [-0.3, -0.25) is 4.79 Å². The van der Waals surface area contributed by atoms with Crippen LogP contribution < -0.4 is 14.5 Å². The molecule has 8 nitrogen and oxygen atoms in total. The predicted octanol–water partition coefficient (Wildman–Crippen LogP) is 2.40. The third-order valence-corrected chi connectivity index (χ3v) is 6.23. The molecule has 0 aliphatic rings. The second-order valence-electron chi connectivity index (χ2n) is 7.11. The maximum absolute atomic E-state index is 12.7. The lowest BCUT2D eigenvalue weighted by molar-refractivity contribution is -0.675. The van der Waals surface area contributed by atoms with Gasteiger partial charge in [-0.05, 0) is 52.3 Å². The van der Waals surface area contributed by atoms with E-state index in [9.17, 15) is 13.2 Å². The van der Waals surface area contributed by atoms with Crippen LogP contribution >= 0.6 is 0 Å². The van der Waals surface area contributed by atoms with E-state index in [1.165, 1.54) is 35.0 Å². The number of hydrogen-bond donors (Lipinski definition) is 1. The normalized spacial score (nSPS) is 11.5. The number of nitrogens with two attached hydrogens (primary N) is 1. The minimum atomic E-state index is -4.01. The van der Waals surface area contributed by atoms with Crippen LogP contribution in [0.5, 0.6) is 5.75 Å². The summed E-state index contributed by atoms with van der Waals surface area (Å²) in [5.74, 6) is 0.924. The van der Waals surface area contributed by atoms with Crippen molar-refractivity contribution in [2.45, 2.75) is 18.4 Å². The number of hydrogen-bond acceptors (Lipinski definition) is 6. The summed E-state index contributed by atoms with van der Waals surface area (Å²) < 4.78 is 33.7. The Labute approximate surface area is 179 Å². The summed E-state index contributed by atoms with van der Waals surface area (Å²) >= 11 is 0. The molecule has 0 saturated carbocycles. The Hall–Kier alpha value is -3.72. The topological polar surface area (TPSA) is 108 Å². The van der Waals surface area contributed by atoms with E-state index < -0.39 is 10.1 Å². The van der Waals surface area contributed by atoms with Crippen LogP contribution in [0, 0.1) is 6.92 Å². The number of carbonyl (C=O) groups excluding carboxylic acids is 1. The molecule has 0 spiro atoms. The van der Waals surface area contributed by atoms with Gasteiger partial charge in [0.15, 0.2) is 5.78 Å². The third-order valence-electron chi connectivity index (χ3n) is 4.99. The van der Waals surface area contributed by atoms with Gasteiger partial charge in [0.2, 0.25) is 5.82 Å². The molecule has 158 valence electrons. The van der Waals surface area contributed by atoms with Crippen LogP contribution in [0.25, 0.3) is 10.8 Å². The molecule has 3 aromatic carbocycles. The number of carbonyl (C=O) groups is 1. The number of aromatic nitrogens is 3. The number of nitrogens with zero attached hydrogens (tertiary/aromatic N) is 3. The van der Waals surface area contributed by atoms with E-state index in [0.717, 1.165) is 10.8 Å². The Morgan fingerprint density at radius 3 is 2.39 bits per heavy atom.